The molecule has 0 aromatic heterocycles. The molecule has 5 nitrogen and oxygen atoms in total. The van der Waals surface area contributed by atoms with Gasteiger partial charge in [-0.05, 0) is 48.7 Å². The maximum atomic E-state index is 13.0. The van der Waals surface area contributed by atoms with E-state index in [4.69, 9.17) is 21.1 Å². The SMILES string of the molecule is COc1cc(C(=O)N2CCN(c3cc(Cl)ccc3C)CC2)ccc1OCC(C)C. The number of ether oxygens (including phenoxy) is 2. The van der Waals surface area contributed by atoms with Crippen LogP contribution in [-0.2, 0) is 0 Å². The van der Waals surface area contributed by atoms with Crippen molar-refractivity contribution in [3.05, 3.63) is 52.5 Å². The highest BCUT2D eigenvalue weighted by atomic mass is 35.5. The molecule has 156 valence electrons. The summed E-state index contributed by atoms with van der Waals surface area (Å²) in [5, 5.41) is 0.732. The Hall–Kier alpha value is -2.40. The quantitative estimate of drug-likeness (QED) is 0.687. The fraction of sp³-hybridized carbons (Fsp3) is 0.435. The van der Waals surface area contributed by atoms with Crippen molar-refractivity contribution in [2.45, 2.75) is 20.8 Å². The van der Waals surface area contributed by atoms with Crippen LogP contribution in [0, 0.1) is 12.8 Å². The van der Waals surface area contributed by atoms with Gasteiger partial charge in [0.15, 0.2) is 11.5 Å². The third-order valence-electron chi connectivity index (χ3n) is 5.06. The number of carbonyl (C=O) groups is 1. The number of amides is 1. The van der Waals surface area contributed by atoms with Gasteiger partial charge in [0.25, 0.3) is 5.91 Å². The van der Waals surface area contributed by atoms with E-state index in [1.807, 2.05) is 35.2 Å². The summed E-state index contributed by atoms with van der Waals surface area (Å²) in [6.07, 6.45) is 0. The maximum Gasteiger partial charge on any atom is 0.254 e. The van der Waals surface area contributed by atoms with E-state index < -0.39 is 0 Å². The molecule has 1 aliphatic heterocycles. The van der Waals surface area contributed by atoms with Gasteiger partial charge in [-0.25, -0.2) is 0 Å². The zero-order valence-corrected chi connectivity index (χ0v) is 18.3. The summed E-state index contributed by atoms with van der Waals surface area (Å²) in [5.41, 5.74) is 2.94. The number of anilines is 1. The van der Waals surface area contributed by atoms with E-state index in [0.717, 1.165) is 23.8 Å². The first-order valence-electron chi connectivity index (χ1n) is 10.00. The molecule has 1 amide bonds. The van der Waals surface area contributed by atoms with E-state index in [1.54, 1.807) is 13.2 Å². The zero-order chi connectivity index (χ0) is 21.0. The van der Waals surface area contributed by atoms with Gasteiger partial charge in [-0.3, -0.25) is 4.79 Å². The van der Waals surface area contributed by atoms with Crippen LogP contribution in [0.3, 0.4) is 0 Å². The second-order valence-corrected chi connectivity index (χ2v) is 8.22. The Morgan fingerprint density at radius 2 is 1.79 bits per heavy atom. The molecule has 1 saturated heterocycles. The third-order valence-corrected chi connectivity index (χ3v) is 5.30. The predicted molar refractivity (Wildman–Crippen MR) is 118 cm³/mol. The second-order valence-electron chi connectivity index (χ2n) is 7.78. The fourth-order valence-electron chi connectivity index (χ4n) is 3.43. The minimum atomic E-state index is 0.0150. The molecule has 0 saturated carbocycles. The topological polar surface area (TPSA) is 42.0 Å². The van der Waals surface area contributed by atoms with E-state index >= 15 is 0 Å². The maximum absolute atomic E-state index is 13.0. The van der Waals surface area contributed by atoms with E-state index in [-0.39, 0.29) is 5.91 Å². The predicted octanol–water partition coefficient (Wildman–Crippen LogP) is 4.65. The number of benzene rings is 2. The summed E-state index contributed by atoms with van der Waals surface area (Å²) in [4.78, 5) is 17.2. The lowest BCUT2D eigenvalue weighted by atomic mass is 10.1. The molecule has 29 heavy (non-hydrogen) atoms. The lowest BCUT2D eigenvalue weighted by molar-refractivity contribution is 0.0746. The molecular weight excluding hydrogens is 388 g/mol. The number of rotatable bonds is 6. The van der Waals surface area contributed by atoms with Crippen molar-refractivity contribution in [3.8, 4) is 11.5 Å². The van der Waals surface area contributed by atoms with Crippen molar-refractivity contribution in [3.63, 3.8) is 0 Å². The number of methoxy groups -OCH3 is 1. The fourth-order valence-corrected chi connectivity index (χ4v) is 3.60. The highest BCUT2D eigenvalue weighted by Gasteiger charge is 2.24. The molecule has 0 N–H and O–H groups in total. The molecule has 0 unspecified atom stereocenters. The molecule has 0 aliphatic carbocycles. The molecule has 6 heteroatoms. The highest BCUT2D eigenvalue weighted by Crippen LogP contribution is 2.30. The lowest BCUT2D eigenvalue weighted by Crippen LogP contribution is -2.49. The summed E-state index contributed by atoms with van der Waals surface area (Å²) < 4.78 is 11.2. The molecule has 0 atom stereocenters. The number of hydrogen-bond acceptors (Lipinski definition) is 4. The number of piperazine rings is 1. The first-order chi connectivity index (χ1) is 13.9. The minimum absolute atomic E-state index is 0.0150. The van der Waals surface area contributed by atoms with Crippen molar-refractivity contribution in [2.75, 3.05) is 44.8 Å². The number of nitrogens with zero attached hydrogens (tertiary/aromatic N) is 2. The van der Waals surface area contributed by atoms with Gasteiger partial charge in [-0.15, -0.1) is 0 Å². The summed E-state index contributed by atoms with van der Waals surface area (Å²) in [5.74, 6) is 1.69. The molecule has 3 rings (SSSR count). The van der Waals surface area contributed by atoms with Crippen molar-refractivity contribution >= 4 is 23.2 Å². The lowest BCUT2D eigenvalue weighted by Gasteiger charge is -2.37. The number of halogens is 1. The van der Waals surface area contributed by atoms with Crippen LogP contribution in [0.1, 0.15) is 29.8 Å². The van der Waals surface area contributed by atoms with Crippen LogP contribution in [0.4, 0.5) is 5.69 Å². The molecular formula is C23H29ClN2O3. The van der Waals surface area contributed by atoms with E-state index in [9.17, 15) is 4.79 Å². The second kappa shape index (κ2) is 9.40. The largest absolute Gasteiger partial charge is 0.493 e. The van der Waals surface area contributed by atoms with Crippen molar-refractivity contribution in [1.29, 1.82) is 0 Å². The number of aryl methyl sites for hydroxylation is 1. The molecule has 1 fully saturated rings. The van der Waals surface area contributed by atoms with Gasteiger partial charge in [-0.2, -0.15) is 0 Å². The Labute approximate surface area is 178 Å². The van der Waals surface area contributed by atoms with Crippen LogP contribution in [0.15, 0.2) is 36.4 Å². The Morgan fingerprint density at radius 3 is 2.45 bits per heavy atom. The number of hydrogen-bond donors (Lipinski definition) is 0. The van der Waals surface area contributed by atoms with Gasteiger partial charge >= 0.3 is 0 Å². The van der Waals surface area contributed by atoms with Crippen LogP contribution in [-0.4, -0.2) is 50.7 Å². The standard InChI is InChI=1S/C23H29ClN2O3/c1-16(2)15-29-21-8-6-18(13-22(21)28-4)23(27)26-11-9-25(10-12-26)20-14-19(24)7-5-17(20)3/h5-8,13-14,16H,9-12,15H2,1-4H3. The van der Waals surface area contributed by atoms with Crippen LogP contribution in [0.25, 0.3) is 0 Å². The Balaban J connectivity index is 1.66. The Kier molecular flexibility index (Phi) is 6.91. The van der Waals surface area contributed by atoms with E-state index in [1.165, 1.54) is 5.56 Å². The molecule has 2 aromatic carbocycles. The van der Waals surface area contributed by atoms with Crippen LogP contribution >= 0.6 is 11.6 Å². The monoisotopic (exact) mass is 416 g/mol. The van der Waals surface area contributed by atoms with Gasteiger partial charge in [0.1, 0.15) is 0 Å². The van der Waals surface area contributed by atoms with Crippen LogP contribution in [0.5, 0.6) is 11.5 Å². The molecule has 1 aliphatic rings. The van der Waals surface area contributed by atoms with Crippen molar-refractivity contribution < 1.29 is 14.3 Å². The normalized spacial score (nSPS) is 14.3. The van der Waals surface area contributed by atoms with Crippen molar-refractivity contribution in [1.82, 2.24) is 4.90 Å². The smallest absolute Gasteiger partial charge is 0.254 e. The van der Waals surface area contributed by atoms with Crippen LogP contribution in [0.2, 0.25) is 5.02 Å². The number of carbonyl (C=O) groups excluding carboxylic acids is 1. The highest BCUT2D eigenvalue weighted by molar-refractivity contribution is 6.30. The van der Waals surface area contributed by atoms with Gasteiger partial charge in [0.2, 0.25) is 0 Å². The van der Waals surface area contributed by atoms with E-state index in [0.29, 0.717) is 42.7 Å². The molecule has 2 aromatic rings. The van der Waals surface area contributed by atoms with Crippen molar-refractivity contribution in [2.24, 2.45) is 5.92 Å². The van der Waals surface area contributed by atoms with Gasteiger partial charge in [0.05, 0.1) is 13.7 Å². The summed E-state index contributed by atoms with van der Waals surface area (Å²) in [7, 11) is 1.60. The molecule has 0 bridgehead atoms. The first kappa shape index (κ1) is 21.3. The van der Waals surface area contributed by atoms with Crippen LogP contribution < -0.4 is 14.4 Å². The average molecular weight is 417 g/mol. The Morgan fingerprint density at radius 1 is 1.07 bits per heavy atom. The molecule has 1 heterocycles. The summed E-state index contributed by atoms with van der Waals surface area (Å²) in [6, 6.07) is 11.3. The van der Waals surface area contributed by atoms with Gasteiger partial charge in [-0.1, -0.05) is 31.5 Å². The average Bonchev–Trinajstić information content (AvgIpc) is 2.73. The van der Waals surface area contributed by atoms with E-state index in [2.05, 4.69) is 25.7 Å². The first-order valence-corrected chi connectivity index (χ1v) is 10.4. The third kappa shape index (κ3) is 5.15. The molecule has 0 spiro atoms. The summed E-state index contributed by atoms with van der Waals surface area (Å²) in [6.45, 7) is 9.76. The molecule has 0 radical (unpaired) electrons. The van der Waals surface area contributed by atoms with Gasteiger partial charge in [0, 0.05) is 42.5 Å². The van der Waals surface area contributed by atoms with Gasteiger partial charge < -0.3 is 19.3 Å². The zero-order valence-electron chi connectivity index (χ0n) is 17.6. The Bertz CT molecular complexity index is 861. The minimum Gasteiger partial charge on any atom is -0.493 e. The summed E-state index contributed by atoms with van der Waals surface area (Å²) >= 11 is 6.16.